The number of carbonyl (C=O) groups excluding carboxylic acids is 1. The van der Waals surface area contributed by atoms with Crippen molar-refractivity contribution in [3.63, 3.8) is 0 Å². The summed E-state index contributed by atoms with van der Waals surface area (Å²) < 4.78 is 0. The highest BCUT2D eigenvalue weighted by Crippen LogP contribution is 2.31. The fourth-order valence-corrected chi connectivity index (χ4v) is 2.67. The molecule has 1 N–H and O–H groups in total. The van der Waals surface area contributed by atoms with Crippen LogP contribution in [0.25, 0.3) is 6.08 Å². The molecular formula is C26H42N2O2. The number of rotatable bonds is 5. The first kappa shape index (κ1) is 29.6. The van der Waals surface area contributed by atoms with E-state index in [4.69, 9.17) is 4.84 Å². The number of nitrogens with zero attached hydrogens (tertiary/aromatic N) is 1. The Balaban J connectivity index is 0. The maximum absolute atomic E-state index is 12.2. The summed E-state index contributed by atoms with van der Waals surface area (Å²) in [4.78, 5) is 17.1. The largest absolute Gasteiger partial charge is 0.398 e. The SMILES string of the molecule is CC.CC.CC.CNC(=O)/C(=N\OC)C1=C(/C=C\c2ccccc2)CC(C)=C(C)C1. The Labute approximate surface area is 184 Å². The van der Waals surface area contributed by atoms with Gasteiger partial charge in [-0.25, -0.2) is 0 Å². The van der Waals surface area contributed by atoms with E-state index in [2.05, 4.69) is 48.6 Å². The van der Waals surface area contributed by atoms with Crippen molar-refractivity contribution >= 4 is 17.7 Å². The molecule has 0 bridgehead atoms. The zero-order valence-corrected chi connectivity index (χ0v) is 20.7. The first-order valence-corrected chi connectivity index (χ1v) is 11.0. The molecule has 4 heteroatoms. The molecule has 1 aliphatic rings. The third-order valence-electron chi connectivity index (χ3n) is 4.20. The standard InChI is InChI=1S/C20H24N2O2.3C2H6/c1-14-12-17(11-10-16-8-6-5-7-9-16)18(13-15(14)2)19(22-24-4)20(23)21-3;3*1-2/h5-11H,12-13H2,1-4H3,(H,21,23);3*1-2H3/b11-10-,22-19-;;;. The minimum Gasteiger partial charge on any atom is -0.398 e. The van der Waals surface area contributed by atoms with Gasteiger partial charge in [0.05, 0.1) is 0 Å². The molecule has 1 aromatic carbocycles. The summed E-state index contributed by atoms with van der Waals surface area (Å²) in [5, 5.41) is 6.62. The Morgan fingerprint density at radius 1 is 0.933 bits per heavy atom. The molecule has 0 radical (unpaired) electrons. The van der Waals surface area contributed by atoms with Crippen LogP contribution in [0.5, 0.6) is 0 Å². The number of amides is 1. The molecule has 30 heavy (non-hydrogen) atoms. The average molecular weight is 415 g/mol. The summed E-state index contributed by atoms with van der Waals surface area (Å²) in [6, 6.07) is 10.1. The van der Waals surface area contributed by atoms with Crippen LogP contribution in [-0.2, 0) is 9.63 Å². The van der Waals surface area contributed by atoms with E-state index in [1.807, 2.05) is 59.7 Å². The minimum atomic E-state index is -0.232. The normalized spacial score (nSPS) is 13.3. The van der Waals surface area contributed by atoms with Crippen LogP contribution in [-0.4, -0.2) is 25.8 Å². The Bertz CT molecular complexity index is 727. The van der Waals surface area contributed by atoms with Crippen molar-refractivity contribution in [2.24, 2.45) is 5.16 Å². The van der Waals surface area contributed by atoms with Gasteiger partial charge in [-0.1, -0.05) is 100 Å². The first-order valence-electron chi connectivity index (χ1n) is 11.0. The van der Waals surface area contributed by atoms with Crippen LogP contribution in [0.1, 0.15) is 73.8 Å². The lowest BCUT2D eigenvalue weighted by Gasteiger charge is -2.21. The molecule has 168 valence electrons. The quantitative estimate of drug-likeness (QED) is 0.322. The zero-order chi connectivity index (χ0) is 23.5. The summed E-state index contributed by atoms with van der Waals surface area (Å²) in [6.07, 6.45) is 5.66. The van der Waals surface area contributed by atoms with Crippen molar-refractivity contribution in [2.75, 3.05) is 14.2 Å². The molecule has 2 rings (SSSR count). The van der Waals surface area contributed by atoms with Crippen molar-refractivity contribution < 1.29 is 9.63 Å². The van der Waals surface area contributed by atoms with Gasteiger partial charge in [0.1, 0.15) is 7.11 Å². The summed E-state index contributed by atoms with van der Waals surface area (Å²) in [5.41, 5.74) is 6.10. The molecule has 0 aliphatic heterocycles. The van der Waals surface area contributed by atoms with Crippen LogP contribution < -0.4 is 5.32 Å². The van der Waals surface area contributed by atoms with Crippen molar-refractivity contribution in [3.05, 3.63) is 64.3 Å². The topological polar surface area (TPSA) is 50.7 Å². The summed E-state index contributed by atoms with van der Waals surface area (Å²) in [6.45, 7) is 16.2. The highest BCUT2D eigenvalue weighted by Gasteiger charge is 2.23. The van der Waals surface area contributed by atoms with Crippen molar-refractivity contribution in [1.82, 2.24) is 5.32 Å². The van der Waals surface area contributed by atoms with Gasteiger partial charge in [0.25, 0.3) is 5.91 Å². The molecule has 0 fully saturated rings. The monoisotopic (exact) mass is 414 g/mol. The second-order valence-corrected chi connectivity index (χ2v) is 5.86. The molecule has 1 aliphatic carbocycles. The lowest BCUT2D eigenvalue weighted by Crippen LogP contribution is -2.30. The summed E-state index contributed by atoms with van der Waals surface area (Å²) in [5.74, 6) is -0.232. The second kappa shape index (κ2) is 18.4. The van der Waals surface area contributed by atoms with E-state index in [0.717, 1.165) is 23.1 Å². The average Bonchev–Trinajstić information content (AvgIpc) is 2.82. The Morgan fingerprint density at radius 3 is 1.97 bits per heavy atom. The van der Waals surface area contributed by atoms with Gasteiger partial charge in [-0.15, -0.1) is 0 Å². The number of hydrogen-bond acceptors (Lipinski definition) is 3. The molecule has 0 atom stereocenters. The van der Waals surface area contributed by atoms with Gasteiger partial charge < -0.3 is 10.2 Å². The van der Waals surface area contributed by atoms with Gasteiger partial charge in [-0.2, -0.15) is 0 Å². The number of nitrogens with one attached hydrogen (secondary N) is 1. The maximum Gasteiger partial charge on any atom is 0.273 e. The van der Waals surface area contributed by atoms with Gasteiger partial charge in [0.2, 0.25) is 0 Å². The maximum atomic E-state index is 12.2. The molecule has 1 aromatic rings. The summed E-state index contributed by atoms with van der Waals surface area (Å²) >= 11 is 0. The second-order valence-electron chi connectivity index (χ2n) is 5.86. The molecule has 0 saturated heterocycles. The van der Waals surface area contributed by atoms with Crippen LogP contribution in [0.3, 0.4) is 0 Å². The van der Waals surface area contributed by atoms with Crippen molar-refractivity contribution in [1.29, 1.82) is 0 Å². The lowest BCUT2D eigenvalue weighted by atomic mass is 9.84. The molecule has 0 spiro atoms. The number of benzene rings is 1. The summed E-state index contributed by atoms with van der Waals surface area (Å²) in [7, 11) is 3.06. The van der Waals surface area contributed by atoms with Gasteiger partial charge in [0.15, 0.2) is 5.71 Å². The van der Waals surface area contributed by atoms with Crippen molar-refractivity contribution in [3.8, 4) is 0 Å². The van der Waals surface area contributed by atoms with Gasteiger partial charge >= 0.3 is 0 Å². The fourth-order valence-electron chi connectivity index (χ4n) is 2.67. The zero-order valence-electron chi connectivity index (χ0n) is 20.7. The van der Waals surface area contributed by atoms with Gasteiger partial charge in [-0.05, 0) is 43.4 Å². The molecule has 0 unspecified atom stereocenters. The third-order valence-corrected chi connectivity index (χ3v) is 4.20. The van der Waals surface area contributed by atoms with Crippen molar-refractivity contribution in [2.45, 2.75) is 68.2 Å². The number of allylic oxidation sites excluding steroid dienone is 4. The first-order chi connectivity index (χ1) is 14.6. The highest BCUT2D eigenvalue weighted by molar-refractivity contribution is 6.45. The van der Waals surface area contributed by atoms with Crippen LogP contribution in [0.15, 0.2) is 63.9 Å². The minimum absolute atomic E-state index is 0.232. The van der Waals surface area contributed by atoms with E-state index in [0.29, 0.717) is 12.1 Å². The molecule has 0 saturated carbocycles. The molecule has 0 heterocycles. The van der Waals surface area contributed by atoms with E-state index in [1.165, 1.54) is 18.3 Å². The molecule has 0 aromatic heterocycles. The van der Waals surface area contributed by atoms with Crippen LogP contribution in [0.4, 0.5) is 0 Å². The number of oxime groups is 1. The Morgan fingerprint density at radius 2 is 1.47 bits per heavy atom. The predicted octanol–water partition coefficient (Wildman–Crippen LogP) is 6.95. The van der Waals surface area contributed by atoms with Crippen LogP contribution in [0, 0.1) is 0 Å². The van der Waals surface area contributed by atoms with E-state index in [-0.39, 0.29) is 5.91 Å². The molecular weight excluding hydrogens is 372 g/mol. The number of carbonyl (C=O) groups is 1. The van der Waals surface area contributed by atoms with E-state index >= 15 is 0 Å². The van der Waals surface area contributed by atoms with Crippen LogP contribution in [0.2, 0.25) is 0 Å². The lowest BCUT2D eigenvalue weighted by molar-refractivity contribution is -0.114. The molecule has 1 amide bonds. The van der Waals surface area contributed by atoms with E-state index < -0.39 is 0 Å². The number of hydrogen-bond donors (Lipinski definition) is 1. The fraction of sp³-hybridized carbons (Fsp3) is 0.462. The highest BCUT2D eigenvalue weighted by atomic mass is 16.6. The van der Waals surface area contributed by atoms with Gasteiger partial charge in [-0.3, -0.25) is 4.79 Å². The third kappa shape index (κ3) is 9.73. The van der Waals surface area contributed by atoms with E-state index in [9.17, 15) is 4.79 Å². The smallest absolute Gasteiger partial charge is 0.273 e. The van der Waals surface area contributed by atoms with Gasteiger partial charge in [0, 0.05) is 7.05 Å². The van der Waals surface area contributed by atoms with E-state index in [1.54, 1.807) is 7.05 Å². The molecule has 4 nitrogen and oxygen atoms in total. The predicted molar refractivity (Wildman–Crippen MR) is 133 cm³/mol. The Hall–Kier alpha value is -2.62. The Kier molecular flexibility index (Phi) is 18.2. The van der Waals surface area contributed by atoms with Crippen LogP contribution >= 0.6 is 0 Å².